The van der Waals surface area contributed by atoms with E-state index in [2.05, 4.69) is 5.32 Å². The van der Waals surface area contributed by atoms with Crippen LogP contribution in [0.5, 0.6) is 0 Å². The van der Waals surface area contributed by atoms with Crippen molar-refractivity contribution in [3.63, 3.8) is 0 Å². The maximum Gasteiger partial charge on any atom is 0.214 e. The molecular formula is C9H22N2O3S. The van der Waals surface area contributed by atoms with Crippen molar-refractivity contribution in [1.29, 1.82) is 0 Å². The zero-order valence-electron chi connectivity index (χ0n) is 9.99. The average molecular weight is 238 g/mol. The van der Waals surface area contributed by atoms with Gasteiger partial charge in [0.15, 0.2) is 0 Å². The van der Waals surface area contributed by atoms with Gasteiger partial charge in [-0.15, -0.1) is 0 Å². The second kappa shape index (κ2) is 7.16. The molecule has 0 aromatic rings. The lowest BCUT2D eigenvalue weighted by Crippen LogP contribution is -2.35. The molecule has 0 aliphatic rings. The number of rotatable bonds is 8. The van der Waals surface area contributed by atoms with Crippen molar-refractivity contribution < 1.29 is 13.2 Å². The van der Waals surface area contributed by atoms with E-state index in [0.717, 1.165) is 6.42 Å². The number of methoxy groups -OCH3 is 1. The van der Waals surface area contributed by atoms with Crippen molar-refractivity contribution >= 4 is 10.0 Å². The molecule has 0 aromatic heterocycles. The van der Waals surface area contributed by atoms with Gasteiger partial charge < -0.3 is 10.1 Å². The summed E-state index contributed by atoms with van der Waals surface area (Å²) in [6.45, 7) is 3.18. The zero-order chi connectivity index (χ0) is 11.9. The van der Waals surface area contributed by atoms with Crippen LogP contribution >= 0.6 is 0 Å². The number of hydrogen-bond donors (Lipinski definition) is 1. The van der Waals surface area contributed by atoms with Crippen LogP contribution in [0.3, 0.4) is 0 Å². The highest BCUT2D eigenvalue weighted by Gasteiger charge is 2.13. The second-order valence-electron chi connectivity index (χ2n) is 3.74. The Balaban J connectivity index is 3.70. The molecule has 0 aliphatic carbocycles. The Morgan fingerprint density at radius 1 is 1.40 bits per heavy atom. The summed E-state index contributed by atoms with van der Waals surface area (Å²) in [6, 6.07) is 0.280. The van der Waals surface area contributed by atoms with Crippen LogP contribution in [0.15, 0.2) is 0 Å². The summed E-state index contributed by atoms with van der Waals surface area (Å²) in [5.41, 5.74) is 0. The fraction of sp³-hybridized carbons (Fsp3) is 1.00. The molecule has 6 heteroatoms. The van der Waals surface area contributed by atoms with E-state index in [4.69, 9.17) is 4.74 Å². The van der Waals surface area contributed by atoms with Gasteiger partial charge in [-0.2, -0.15) is 0 Å². The molecule has 0 saturated heterocycles. The predicted octanol–water partition coefficient (Wildman–Crippen LogP) is -0.108. The van der Waals surface area contributed by atoms with Gasteiger partial charge in [0.2, 0.25) is 10.0 Å². The largest absolute Gasteiger partial charge is 0.385 e. The van der Waals surface area contributed by atoms with Crippen LogP contribution in [-0.2, 0) is 14.8 Å². The van der Waals surface area contributed by atoms with E-state index in [1.165, 1.54) is 4.31 Å². The molecule has 15 heavy (non-hydrogen) atoms. The molecule has 0 spiro atoms. The SMILES string of the molecule is COCCC(C)NCCS(=O)(=O)N(C)C. The fourth-order valence-electron chi connectivity index (χ4n) is 1.01. The fourth-order valence-corrected chi connectivity index (χ4v) is 1.75. The van der Waals surface area contributed by atoms with E-state index in [-0.39, 0.29) is 11.8 Å². The van der Waals surface area contributed by atoms with E-state index in [9.17, 15) is 8.42 Å². The standard InChI is InChI=1S/C9H22N2O3S/c1-9(5-7-14-4)10-6-8-15(12,13)11(2)3/h9-10H,5-8H2,1-4H3. The number of sulfonamides is 1. The van der Waals surface area contributed by atoms with Gasteiger partial charge in [0.25, 0.3) is 0 Å². The molecule has 0 rings (SSSR count). The third-order valence-corrected chi connectivity index (χ3v) is 4.00. The molecule has 1 N–H and O–H groups in total. The van der Waals surface area contributed by atoms with Crippen molar-refractivity contribution in [2.24, 2.45) is 0 Å². The van der Waals surface area contributed by atoms with Crippen molar-refractivity contribution in [2.75, 3.05) is 40.1 Å². The van der Waals surface area contributed by atoms with Gasteiger partial charge in [0.1, 0.15) is 0 Å². The first kappa shape index (κ1) is 14.8. The van der Waals surface area contributed by atoms with Crippen molar-refractivity contribution in [2.45, 2.75) is 19.4 Å². The van der Waals surface area contributed by atoms with Crippen molar-refractivity contribution in [3.8, 4) is 0 Å². The molecule has 5 nitrogen and oxygen atoms in total. The van der Waals surface area contributed by atoms with E-state index in [1.54, 1.807) is 21.2 Å². The minimum Gasteiger partial charge on any atom is -0.385 e. The molecule has 0 radical (unpaired) electrons. The van der Waals surface area contributed by atoms with Gasteiger partial charge in [-0.25, -0.2) is 12.7 Å². The third kappa shape index (κ3) is 6.83. The Kier molecular flexibility index (Phi) is 7.08. The molecule has 0 bridgehead atoms. The first-order valence-corrected chi connectivity index (χ1v) is 6.63. The molecule has 1 unspecified atom stereocenters. The maximum atomic E-state index is 11.4. The third-order valence-electron chi connectivity index (χ3n) is 2.16. The van der Waals surface area contributed by atoms with Crippen molar-refractivity contribution in [1.82, 2.24) is 9.62 Å². The van der Waals surface area contributed by atoms with Crippen LogP contribution in [0.1, 0.15) is 13.3 Å². The molecule has 0 saturated carbocycles. The van der Waals surface area contributed by atoms with E-state index >= 15 is 0 Å². The monoisotopic (exact) mass is 238 g/mol. The van der Waals surface area contributed by atoms with E-state index in [1.807, 2.05) is 6.92 Å². The normalized spacial score (nSPS) is 14.5. The highest BCUT2D eigenvalue weighted by molar-refractivity contribution is 7.89. The summed E-state index contributed by atoms with van der Waals surface area (Å²) >= 11 is 0. The number of nitrogens with zero attached hydrogens (tertiary/aromatic N) is 1. The molecule has 0 fully saturated rings. The Labute approximate surface area is 92.8 Å². The smallest absolute Gasteiger partial charge is 0.214 e. The molecule has 0 amide bonds. The Morgan fingerprint density at radius 2 is 2.00 bits per heavy atom. The lowest BCUT2D eigenvalue weighted by Gasteiger charge is -2.15. The quantitative estimate of drug-likeness (QED) is 0.641. The Bertz CT molecular complexity index is 252. The van der Waals surface area contributed by atoms with Crippen LogP contribution in [0.2, 0.25) is 0 Å². The summed E-state index contributed by atoms with van der Waals surface area (Å²) in [7, 11) is 1.67. The highest BCUT2D eigenvalue weighted by atomic mass is 32.2. The second-order valence-corrected chi connectivity index (χ2v) is 6.04. The molecular weight excluding hydrogens is 216 g/mol. The van der Waals surface area contributed by atoms with Gasteiger partial charge in [-0.1, -0.05) is 0 Å². The number of nitrogens with one attached hydrogen (secondary N) is 1. The number of ether oxygens (including phenoxy) is 1. The van der Waals surface area contributed by atoms with E-state index < -0.39 is 10.0 Å². The summed E-state index contributed by atoms with van der Waals surface area (Å²) in [5, 5.41) is 3.14. The van der Waals surface area contributed by atoms with Crippen LogP contribution < -0.4 is 5.32 Å². The van der Waals surface area contributed by atoms with Crippen LogP contribution in [0.25, 0.3) is 0 Å². The van der Waals surface area contributed by atoms with Gasteiger partial charge in [-0.05, 0) is 13.3 Å². The minimum atomic E-state index is -3.07. The zero-order valence-corrected chi connectivity index (χ0v) is 10.8. The molecule has 92 valence electrons. The highest BCUT2D eigenvalue weighted by Crippen LogP contribution is 1.94. The van der Waals surface area contributed by atoms with E-state index in [0.29, 0.717) is 13.2 Å². The lowest BCUT2D eigenvalue weighted by atomic mass is 10.2. The topological polar surface area (TPSA) is 58.6 Å². The Morgan fingerprint density at radius 3 is 2.47 bits per heavy atom. The molecule has 0 heterocycles. The Hall–Kier alpha value is -0.170. The van der Waals surface area contributed by atoms with Gasteiger partial charge >= 0.3 is 0 Å². The van der Waals surface area contributed by atoms with Crippen LogP contribution in [-0.4, -0.2) is 58.9 Å². The number of hydrogen-bond acceptors (Lipinski definition) is 4. The molecule has 0 aromatic carbocycles. The first-order valence-electron chi connectivity index (χ1n) is 5.02. The summed E-state index contributed by atoms with van der Waals surface area (Å²) < 4.78 is 29.0. The van der Waals surface area contributed by atoms with Gasteiger partial charge in [0, 0.05) is 40.4 Å². The summed E-state index contributed by atoms with van der Waals surface area (Å²) in [6.07, 6.45) is 0.887. The average Bonchev–Trinajstić information content (AvgIpc) is 2.14. The van der Waals surface area contributed by atoms with Gasteiger partial charge in [0.05, 0.1) is 5.75 Å². The van der Waals surface area contributed by atoms with Gasteiger partial charge in [-0.3, -0.25) is 0 Å². The summed E-state index contributed by atoms with van der Waals surface area (Å²) in [5.74, 6) is 0.136. The molecule has 0 aliphatic heterocycles. The predicted molar refractivity (Wildman–Crippen MR) is 61.4 cm³/mol. The van der Waals surface area contributed by atoms with Crippen molar-refractivity contribution in [3.05, 3.63) is 0 Å². The first-order chi connectivity index (χ1) is 6.90. The maximum absolute atomic E-state index is 11.4. The lowest BCUT2D eigenvalue weighted by molar-refractivity contribution is 0.185. The molecule has 1 atom stereocenters. The summed E-state index contributed by atoms with van der Waals surface area (Å²) in [4.78, 5) is 0. The minimum absolute atomic E-state index is 0.136. The van der Waals surface area contributed by atoms with Crippen LogP contribution in [0.4, 0.5) is 0 Å². The van der Waals surface area contributed by atoms with Crippen LogP contribution in [0, 0.1) is 0 Å².